The fourth-order valence-electron chi connectivity index (χ4n) is 2.58. The van der Waals surface area contributed by atoms with Gasteiger partial charge in [-0.2, -0.15) is 0 Å². The zero-order chi connectivity index (χ0) is 12.4. The van der Waals surface area contributed by atoms with Crippen molar-refractivity contribution in [3.8, 4) is 0 Å². The monoisotopic (exact) mass is 237 g/mol. The van der Waals surface area contributed by atoms with Gasteiger partial charge >= 0.3 is 0 Å². The van der Waals surface area contributed by atoms with Gasteiger partial charge in [0.1, 0.15) is 11.6 Å². The molecule has 2 rings (SSSR count). The average molecular weight is 237 g/mol. The van der Waals surface area contributed by atoms with E-state index in [1.807, 2.05) is 14.0 Å². The van der Waals surface area contributed by atoms with E-state index in [0.29, 0.717) is 6.04 Å². The Labute approximate surface area is 103 Å². The normalized spacial score (nSPS) is 23.9. The van der Waals surface area contributed by atoms with Crippen LogP contribution < -0.4 is 5.73 Å². The number of aromatic nitrogens is 3. The summed E-state index contributed by atoms with van der Waals surface area (Å²) in [5, 5.41) is 8.34. The zero-order valence-electron chi connectivity index (χ0n) is 11.1. The van der Waals surface area contributed by atoms with E-state index in [0.717, 1.165) is 24.7 Å². The summed E-state index contributed by atoms with van der Waals surface area (Å²) < 4.78 is 2.06. The Morgan fingerprint density at radius 2 is 2.18 bits per heavy atom. The third kappa shape index (κ3) is 2.66. The first-order chi connectivity index (χ1) is 8.09. The van der Waals surface area contributed by atoms with Gasteiger partial charge in [-0.05, 0) is 33.2 Å². The highest BCUT2D eigenvalue weighted by Gasteiger charge is 2.26. The molecule has 0 amide bonds. The van der Waals surface area contributed by atoms with Gasteiger partial charge in [0.2, 0.25) is 0 Å². The fourth-order valence-corrected chi connectivity index (χ4v) is 2.58. The van der Waals surface area contributed by atoms with E-state index in [1.165, 1.54) is 19.3 Å². The summed E-state index contributed by atoms with van der Waals surface area (Å²) in [6.07, 6.45) is 3.76. The number of nitrogens with zero attached hydrogens (tertiary/aromatic N) is 4. The number of hydrogen-bond acceptors (Lipinski definition) is 4. The molecule has 0 spiro atoms. The van der Waals surface area contributed by atoms with Crippen molar-refractivity contribution in [3.63, 3.8) is 0 Å². The maximum absolute atomic E-state index is 6.07. The summed E-state index contributed by atoms with van der Waals surface area (Å²) >= 11 is 0. The molecule has 1 aliphatic heterocycles. The maximum atomic E-state index is 6.07. The molecule has 2 N–H and O–H groups in total. The third-order valence-electron chi connectivity index (χ3n) is 3.80. The van der Waals surface area contributed by atoms with Crippen LogP contribution in [0, 0.1) is 6.92 Å². The van der Waals surface area contributed by atoms with Crippen molar-refractivity contribution in [2.24, 2.45) is 12.8 Å². The van der Waals surface area contributed by atoms with E-state index in [2.05, 4.69) is 26.6 Å². The summed E-state index contributed by atoms with van der Waals surface area (Å²) in [7, 11) is 2.02. The Kier molecular flexibility index (Phi) is 3.79. The number of nitrogens with two attached hydrogens (primary N) is 1. The van der Waals surface area contributed by atoms with Crippen molar-refractivity contribution in [1.29, 1.82) is 0 Å². The van der Waals surface area contributed by atoms with Crippen molar-refractivity contribution in [2.45, 2.75) is 51.7 Å². The van der Waals surface area contributed by atoms with Crippen molar-refractivity contribution >= 4 is 0 Å². The number of piperidine rings is 1. The standard InChI is InChI=1S/C12H23N5/c1-9(13)11-6-4-5-7-17(11)8-12-15-14-10(2)16(12)3/h9,11H,4-8,13H2,1-3H3. The molecule has 2 atom stereocenters. The average Bonchev–Trinajstić information content (AvgIpc) is 2.61. The highest BCUT2D eigenvalue weighted by Crippen LogP contribution is 2.20. The van der Waals surface area contributed by atoms with Crippen LogP contribution in [0.1, 0.15) is 37.8 Å². The summed E-state index contributed by atoms with van der Waals surface area (Å²) in [6.45, 7) is 6.07. The van der Waals surface area contributed by atoms with Gasteiger partial charge in [-0.25, -0.2) is 0 Å². The first kappa shape index (κ1) is 12.5. The molecule has 0 aromatic carbocycles. The molecular weight excluding hydrogens is 214 g/mol. The highest BCUT2D eigenvalue weighted by atomic mass is 15.3. The summed E-state index contributed by atoms with van der Waals surface area (Å²) in [4.78, 5) is 2.46. The molecule has 1 aliphatic rings. The van der Waals surface area contributed by atoms with Crippen LogP contribution in [0.3, 0.4) is 0 Å². The smallest absolute Gasteiger partial charge is 0.146 e. The minimum Gasteiger partial charge on any atom is -0.327 e. The highest BCUT2D eigenvalue weighted by molar-refractivity contribution is 4.94. The molecule has 2 unspecified atom stereocenters. The molecule has 1 aromatic heterocycles. The minimum absolute atomic E-state index is 0.227. The van der Waals surface area contributed by atoms with Gasteiger partial charge in [-0.1, -0.05) is 6.42 Å². The van der Waals surface area contributed by atoms with Crippen molar-refractivity contribution < 1.29 is 0 Å². The van der Waals surface area contributed by atoms with Gasteiger partial charge in [0, 0.05) is 19.1 Å². The SMILES string of the molecule is Cc1nnc(CN2CCCCC2C(C)N)n1C. The van der Waals surface area contributed by atoms with Crippen LogP contribution in [0.4, 0.5) is 0 Å². The topological polar surface area (TPSA) is 60.0 Å². The lowest BCUT2D eigenvalue weighted by atomic mass is 9.97. The Morgan fingerprint density at radius 3 is 2.76 bits per heavy atom. The molecule has 0 radical (unpaired) electrons. The first-order valence-corrected chi connectivity index (χ1v) is 6.44. The Morgan fingerprint density at radius 1 is 1.41 bits per heavy atom. The second-order valence-corrected chi connectivity index (χ2v) is 5.12. The molecule has 2 heterocycles. The quantitative estimate of drug-likeness (QED) is 0.845. The predicted octanol–water partition coefficient (Wildman–Crippen LogP) is 0.825. The molecule has 96 valence electrons. The molecule has 5 heteroatoms. The van der Waals surface area contributed by atoms with E-state index in [4.69, 9.17) is 5.73 Å². The molecule has 1 aromatic rings. The second-order valence-electron chi connectivity index (χ2n) is 5.12. The van der Waals surface area contributed by atoms with Crippen LogP contribution in [0.25, 0.3) is 0 Å². The molecule has 0 saturated carbocycles. The number of likely N-dealkylation sites (tertiary alicyclic amines) is 1. The molecule has 5 nitrogen and oxygen atoms in total. The van der Waals surface area contributed by atoms with Crippen LogP contribution in [0.15, 0.2) is 0 Å². The Bertz CT molecular complexity index is 371. The van der Waals surface area contributed by atoms with E-state index in [-0.39, 0.29) is 6.04 Å². The third-order valence-corrected chi connectivity index (χ3v) is 3.80. The molecule has 1 saturated heterocycles. The van der Waals surface area contributed by atoms with Gasteiger partial charge < -0.3 is 10.3 Å². The molecule has 17 heavy (non-hydrogen) atoms. The zero-order valence-corrected chi connectivity index (χ0v) is 11.1. The molecular formula is C12H23N5. The van der Waals surface area contributed by atoms with Gasteiger partial charge in [0.15, 0.2) is 0 Å². The maximum Gasteiger partial charge on any atom is 0.146 e. The van der Waals surface area contributed by atoms with Gasteiger partial charge in [0.05, 0.1) is 6.54 Å². The van der Waals surface area contributed by atoms with Crippen LogP contribution in [0.5, 0.6) is 0 Å². The first-order valence-electron chi connectivity index (χ1n) is 6.44. The minimum atomic E-state index is 0.227. The van der Waals surface area contributed by atoms with E-state index < -0.39 is 0 Å². The number of aryl methyl sites for hydroxylation is 1. The van der Waals surface area contributed by atoms with Crippen LogP contribution in [-0.2, 0) is 13.6 Å². The largest absolute Gasteiger partial charge is 0.327 e. The lowest BCUT2D eigenvalue weighted by Crippen LogP contribution is -2.48. The van der Waals surface area contributed by atoms with E-state index in [1.54, 1.807) is 0 Å². The summed E-state index contributed by atoms with van der Waals surface area (Å²) in [5.41, 5.74) is 6.07. The number of hydrogen-bond donors (Lipinski definition) is 1. The van der Waals surface area contributed by atoms with Crippen molar-refractivity contribution in [2.75, 3.05) is 6.54 Å². The lowest BCUT2D eigenvalue weighted by molar-refractivity contribution is 0.118. The van der Waals surface area contributed by atoms with Crippen LogP contribution >= 0.6 is 0 Å². The number of rotatable bonds is 3. The Hall–Kier alpha value is -0.940. The second kappa shape index (κ2) is 5.14. The van der Waals surface area contributed by atoms with Crippen LogP contribution in [0.2, 0.25) is 0 Å². The fraction of sp³-hybridized carbons (Fsp3) is 0.833. The van der Waals surface area contributed by atoms with Crippen LogP contribution in [-0.4, -0.2) is 38.3 Å². The van der Waals surface area contributed by atoms with Gasteiger partial charge in [-0.3, -0.25) is 4.90 Å². The Balaban J connectivity index is 2.08. The molecule has 0 bridgehead atoms. The predicted molar refractivity (Wildman–Crippen MR) is 67.4 cm³/mol. The van der Waals surface area contributed by atoms with Crippen molar-refractivity contribution in [1.82, 2.24) is 19.7 Å². The molecule has 1 fully saturated rings. The molecule has 0 aliphatic carbocycles. The van der Waals surface area contributed by atoms with E-state index in [9.17, 15) is 0 Å². The van der Waals surface area contributed by atoms with Gasteiger partial charge in [0.25, 0.3) is 0 Å². The van der Waals surface area contributed by atoms with Gasteiger partial charge in [-0.15, -0.1) is 10.2 Å². The summed E-state index contributed by atoms with van der Waals surface area (Å²) in [5.74, 6) is 2.00. The van der Waals surface area contributed by atoms with E-state index >= 15 is 0 Å². The van der Waals surface area contributed by atoms with Crippen molar-refractivity contribution in [3.05, 3.63) is 11.6 Å². The summed E-state index contributed by atoms with van der Waals surface area (Å²) in [6, 6.07) is 0.713. The lowest BCUT2D eigenvalue weighted by Gasteiger charge is -2.37.